The predicted octanol–water partition coefficient (Wildman–Crippen LogP) is 3.39. The lowest BCUT2D eigenvalue weighted by atomic mass is 10.2. The van der Waals surface area contributed by atoms with Crippen molar-refractivity contribution in [2.75, 3.05) is 0 Å². The third-order valence-electron chi connectivity index (χ3n) is 3.09. The zero-order chi connectivity index (χ0) is 17.4. The number of nitrogens with zero attached hydrogens (tertiary/aromatic N) is 1. The molecule has 5 heteroatoms. The highest BCUT2D eigenvalue weighted by atomic mass is 16.5. The monoisotopic (exact) mass is 326 g/mol. The van der Waals surface area contributed by atoms with Gasteiger partial charge in [0.05, 0.1) is 12.3 Å². The Bertz CT molecular complexity index is 684. The van der Waals surface area contributed by atoms with Gasteiger partial charge in [-0.3, -0.25) is 4.79 Å². The van der Waals surface area contributed by atoms with Gasteiger partial charge in [0.25, 0.3) is 5.91 Å². The summed E-state index contributed by atoms with van der Waals surface area (Å²) in [5.74, 6) is 1.04. The van der Waals surface area contributed by atoms with Crippen molar-refractivity contribution in [1.82, 2.24) is 5.43 Å². The fraction of sp³-hybridized carbons (Fsp3) is 0.263. The minimum atomic E-state index is -0.647. The molecule has 2 aromatic rings. The van der Waals surface area contributed by atoms with E-state index in [1.54, 1.807) is 25.3 Å². The van der Waals surface area contributed by atoms with Crippen LogP contribution < -0.4 is 14.9 Å². The average Bonchev–Trinajstić information content (AvgIpc) is 2.56. The van der Waals surface area contributed by atoms with Crippen molar-refractivity contribution in [3.63, 3.8) is 0 Å². The van der Waals surface area contributed by atoms with E-state index in [1.807, 2.05) is 56.3 Å². The van der Waals surface area contributed by atoms with Crippen molar-refractivity contribution >= 4 is 12.1 Å². The van der Waals surface area contributed by atoms with Crippen LogP contribution >= 0.6 is 0 Å². The highest BCUT2D eigenvalue weighted by Crippen LogP contribution is 2.17. The first-order chi connectivity index (χ1) is 11.6. The van der Waals surface area contributed by atoms with Gasteiger partial charge in [-0.25, -0.2) is 5.43 Å². The molecule has 0 aliphatic heterocycles. The van der Waals surface area contributed by atoms with Crippen molar-refractivity contribution in [3.05, 3.63) is 60.2 Å². The largest absolute Gasteiger partial charge is 0.490 e. The van der Waals surface area contributed by atoms with Crippen molar-refractivity contribution in [3.8, 4) is 11.5 Å². The van der Waals surface area contributed by atoms with Crippen LogP contribution in [0.3, 0.4) is 0 Å². The topological polar surface area (TPSA) is 59.9 Å². The van der Waals surface area contributed by atoms with Gasteiger partial charge in [0, 0.05) is 5.56 Å². The predicted molar refractivity (Wildman–Crippen MR) is 94.5 cm³/mol. The SMILES string of the molecule is CC(C)Oc1ccccc1/C=N\NC(=O)[C@@H](C)Oc1ccccc1. The number of ether oxygens (including phenoxy) is 2. The first-order valence-corrected chi connectivity index (χ1v) is 7.86. The van der Waals surface area contributed by atoms with E-state index in [-0.39, 0.29) is 12.0 Å². The van der Waals surface area contributed by atoms with E-state index in [1.165, 1.54) is 0 Å². The molecule has 0 radical (unpaired) electrons. The summed E-state index contributed by atoms with van der Waals surface area (Å²) in [4.78, 5) is 12.0. The Morgan fingerprint density at radius 3 is 2.38 bits per heavy atom. The number of hydrazone groups is 1. The normalized spacial score (nSPS) is 12.2. The zero-order valence-electron chi connectivity index (χ0n) is 14.1. The molecule has 24 heavy (non-hydrogen) atoms. The summed E-state index contributed by atoms with van der Waals surface area (Å²) in [7, 11) is 0. The van der Waals surface area contributed by atoms with Crippen LogP contribution in [0, 0.1) is 0 Å². The number of para-hydroxylation sites is 2. The molecular formula is C19H22N2O3. The highest BCUT2D eigenvalue weighted by Gasteiger charge is 2.13. The minimum absolute atomic E-state index is 0.0634. The summed E-state index contributed by atoms with van der Waals surface area (Å²) >= 11 is 0. The molecule has 1 amide bonds. The molecule has 0 aromatic heterocycles. The Morgan fingerprint density at radius 1 is 1.00 bits per heavy atom. The lowest BCUT2D eigenvalue weighted by Gasteiger charge is -2.13. The van der Waals surface area contributed by atoms with E-state index < -0.39 is 6.10 Å². The number of nitrogens with one attached hydrogen (secondary N) is 1. The summed E-state index contributed by atoms with van der Waals surface area (Å²) in [6.07, 6.45) is 0.977. The number of hydrogen-bond donors (Lipinski definition) is 1. The third kappa shape index (κ3) is 5.43. The Kier molecular flexibility index (Phi) is 6.37. The van der Waals surface area contributed by atoms with Crippen molar-refractivity contribution in [2.45, 2.75) is 33.0 Å². The zero-order valence-corrected chi connectivity index (χ0v) is 14.1. The Labute approximate surface area is 142 Å². The van der Waals surface area contributed by atoms with Gasteiger partial charge in [0.2, 0.25) is 0 Å². The fourth-order valence-corrected chi connectivity index (χ4v) is 1.96. The van der Waals surface area contributed by atoms with E-state index in [9.17, 15) is 4.79 Å². The summed E-state index contributed by atoms with van der Waals surface area (Å²) in [6.45, 7) is 5.59. The molecule has 2 aromatic carbocycles. The van der Waals surface area contributed by atoms with Crippen LogP contribution in [0.5, 0.6) is 11.5 Å². The van der Waals surface area contributed by atoms with Crippen molar-refractivity contribution in [2.24, 2.45) is 5.10 Å². The van der Waals surface area contributed by atoms with Gasteiger partial charge in [-0.2, -0.15) is 5.10 Å². The summed E-state index contributed by atoms with van der Waals surface area (Å²) in [6, 6.07) is 16.7. The van der Waals surface area contributed by atoms with Gasteiger partial charge in [-0.05, 0) is 45.0 Å². The van der Waals surface area contributed by atoms with Gasteiger partial charge < -0.3 is 9.47 Å². The Hall–Kier alpha value is -2.82. The molecule has 5 nitrogen and oxygen atoms in total. The molecule has 0 spiro atoms. The van der Waals surface area contributed by atoms with Crippen molar-refractivity contribution < 1.29 is 14.3 Å². The first kappa shape index (κ1) is 17.5. The molecule has 0 saturated carbocycles. The van der Waals surface area contributed by atoms with Gasteiger partial charge in [0.1, 0.15) is 11.5 Å². The second kappa shape index (κ2) is 8.72. The molecule has 0 unspecified atom stereocenters. The summed E-state index contributed by atoms with van der Waals surface area (Å²) < 4.78 is 11.2. The maximum atomic E-state index is 12.0. The molecule has 0 fully saturated rings. The molecule has 126 valence electrons. The number of hydrogen-bond acceptors (Lipinski definition) is 4. The lowest BCUT2D eigenvalue weighted by molar-refractivity contribution is -0.127. The molecule has 2 rings (SSSR count). The van der Waals surface area contributed by atoms with Gasteiger partial charge in [-0.1, -0.05) is 30.3 Å². The van der Waals surface area contributed by atoms with E-state index >= 15 is 0 Å². The molecule has 0 aliphatic rings. The molecule has 1 N–H and O–H groups in total. The van der Waals surface area contributed by atoms with E-state index in [4.69, 9.17) is 9.47 Å². The average molecular weight is 326 g/mol. The standard InChI is InChI=1S/C19H22N2O3/c1-14(2)23-18-12-8-7-9-16(18)13-20-21-19(22)15(3)24-17-10-5-4-6-11-17/h4-15H,1-3H3,(H,21,22)/b20-13-/t15-/m1/s1. The fourth-order valence-electron chi connectivity index (χ4n) is 1.96. The van der Waals surface area contributed by atoms with E-state index in [2.05, 4.69) is 10.5 Å². The molecule has 0 aliphatic carbocycles. The maximum Gasteiger partial charge on any atom is 0.280 e. The number of carbonyl (C=O) groups is 1. The molecule has 0 saturated heterocycles. The van der Waals surface area contributed by atoms with Crippen LogP contribution in [0.2, 0.25) is 0 Å². The van der Waals surface area contributed by atoms with E-state index in [0.29, 0.717) is 5.75 Å². The second-order valence-electron chi connectivity index (χ2n) is 5.51. The summed E-state index contributed by atoms with van der Waals surface area (Å²) in [5.41, 5.74) is 3.28. The Balaban J connectivity index is 1.92. The molecule has 1 atom stereocenters. The molecule has 0 bridgehead atoms. The molecular weight excluding hydrogens is 304 g/mol. The summed E-state index contributed by atoms with van der Waals surface area (Å²) in [5, 5.41) is 3.99. The van der Waals surface area contributed by atoms with Crippen LogP contribution in [0.15, 0.2) is 59.7 Å². The molecule has 0 heterocycles. The quantitative estimate of drug-likeness (QED) is 0.627. The highest BCUT2D eigenvalue weighted by molar-refractivity contribution is 5.86. The third-order valence-corrected chi connectivity index (χ3v) is 3.09. The van der Waals surface area contributed by atoms with Gasteiger partial charge >= 0.3 is 0 Å². The maximum absolute atomic E-state index is 12.0. The smallest absolute Gasteiger partial charge is 0.280 e. The van der Waals surface area contributed by atoms with Crippen LogP contribution in [0.4, 0.5) is 0 Å². The van der Waals surface area contributed by atoms with Crippen LogP contribution in [-0.4, -0.2) is 24.3 Å². The van der Waals surface area contributed by atoms with Crippen LogP contribution in [0.25, 0.3) is 0 Å². The van der Waals surface area contributed by atoms with Crippen LogP contribution in [0.1, 0.15) is 26.3 Å². The second-order valence-corrected chi connectivity index (χ2v) is 5.51. The Morgan fingerprint density at radius 2 is 1.67 bits per heavy atom. The van der Waals surface area contributed by atoms with Gasteiger partial charge in [-0.15, -0.1) is 0 Å². The number of rotatable bonds is 7. The first-order valence-electron chi connectivity index (χ1n) is 7.86. The number of amides is 1. The van der Waals surface area contributed by atoms with Crippen molar-refractivity contribution in [1.29, 1.82) is 0 Å². The van der Waals surface area contributed by atoms with E-state index in [0.717, 1.165) is 11.3 Å². The minimum Gasteiger partial charge on any atom is -0.490 e. The van der Waals surface area contributed by atoms with Crippen LogP contribution in [-0.2, 0) is 4.79 Å². The lowest BCUT2D eigenvalue weighted by Crippen LogP contribution is -2.33. The number of benzene rings is 2. The van der Waals surface area contributed by atoms with Gasteiger partial charge in [0.15, 0.2) is 6.10 Å². The number of carbonyl (C=O) groups excluding carboxylic acids is 1.